The topological polar surface area (TPSA) is 48.7 Å². The van der Waals surface area contributed by atoms with Gasteiger partial charge in [0.25, 0.3) is 0 Å². The first kappa shape index (κ1) is 16.8. The molecule has 130 valence electrons. The molecule has 0 saturated heterocycles. The number of allylic oxidation sites excluding steroid dienone is 1. The Bertz CT molecular complexity index is 1010. The fraction of sp³-hybridized carbons (Fsp3) is 0.0500. The molecule has 0 amide bonds. The molecule has 1 aliphatic heterocycles. The van der Waals surface area contributed by atoms with Crippen LogP contribution in [-0.4, -0.2) is 5.78 Å². The highest BCUT2D eigenvalue weighted by Crippen LogP contribution is 2.35. The number of halogens is 2. The van der Waals surface area contributed by atoms with E-state index in [0.717, 1.165) is 5.56 Å². The molecule has 0 radical (unpaired) electrons. The molecule has 4 rings (SSSR count). The van der Waals surface area contributed by atoms with E-state index in [1.807, 2.05) is 6.07 Å². The zero-order valence-corrected chi connectivity index (χ0v) is 14.9. The van der Waals surface area contributed by atoms with Crippen LogP contribution in [0.1, 0.15) is 21.7 Å². The highest BCUT2D eigenvalue weighted by molar-refractivity contribution is 6.35. The zero-order valence-electron chi connectivity index (χ0n) is 13.4. The number of carbonyl (C=O) groups excluding carboxylic acids is 1. The van der Waals surface area contributed by atoms with Gasteiger partial charge in [-0.3, -0.25) is 4.79 Å². The third kappa shape index (κ3) is 3.34. The van der Waals surface area contributed by atoms with Crippen LogP contribution in [-0.2, 0) is 6.61 Å². The van der Waals surface area contributed by atoms with Crippen molar-refractivity contribution in [3.63, 3.8) is 0 Å². The maximum absolute atomic E-state index is 12.4. The van der Waals surface area contributed by atoms with Gasteiger partial charge < -0.3 is 13.9 Å². The van der Waals surface area contributed by atoms with Crippen molar-refractivity contribution in [1.82, 2.24) is 0 Å². The average molecular weight is 387 g/mol. The highest BCUT2D eigenvalue weighted by Gasteiger charge is 2.28. The molecule has 2 heterocycles. The van der Waals surface area contributed by atoms with E-state index >= 15 is 0 Å². The lowest BCUT2D eigenvalue weighted by Gasteiger charge is -2.09. The highest BCUT2D eigenvalue weighted by atomic mass is 35.5. The summed E-state index contributed by atoms with van der Waals surface area (Å²) in [6, 6.07) is 13.8. The number of ether oxygens (including phenoxy) is 2. The number of hydrogen-bond donors (Lipinski definition) is 0. The summed E-state index contributed by atoms with van der Waals surface area (Å²) in [5.74, 6) is 1.60. The Labute approximate surface area is 159 Å². The molecule has 3 aromatic rings. The van der Waals surface area contributed by atoms with Crippen LogP contribution < -0.4 is 9.47 Å². The molecule has 0 bridgehead atoms. The van der Waals surface area contributed by atoms with Gasteiger partial charge in [0, 0.05) is 27.8 Å². The maximum atomic E-state index is 12.4. The zero-order chi connectivity index (χ0) is 18.1. The lowest BCUT2D eigenvalue weighted by molar-refractivity contribution is 0.101. The van der Waals surface area contributed by atoms with Crippen molar-refractivity contribution < 1.29 is 18.7 Å². The van der Waals surface area contributed by atoms with Gasteiger partial charge >= 0.3 is 0 Å². The van der Waals surface area contributed by atoms with Gasteiger partial charge in [0.2, 0.25) is 5.78 Å². The summed E-state index contributed by atoms with van der Waals surface area (Å²) in [4.78, 5) is 12.4. The fourth-order valence-corrected chi connectivity index (χ4v) is 3.02. The van der Waals surface area contributed by atoms with Crippen molar-refractivity contribution in [3.8, 4) is 11.5 Å². The van der Waals surface area contributed by atoms with Crippen LogP contribution in [0.25, 0.3) is 6.08 Å². The number of fused-ring (bicyclic) bond motifs is 1. The molecule has 0 aliphatic carbocycles. The van der Waals surface area contributed by atoms with Gasteiger partial charge in [-0.05, 0) is 36.4 Å². The van der Waals surface area contributed by atoms with Crippen molar-refractivity contribution in [2.45, 2.75) is 6.61 Å². The molecule has 1 aromatic heterocycles. The number of furan rings is 1. The predicted molar refractivity (Wildman–Crippen MR) is 98.9 cm³/mol. The van der Waals surface area contributed by atoms with E-state index in [1.165, 1.54) is 6.26 Å². The maximum Gasteiger partial charge on any atom is 0.232 e. The Kier molecular flexibility index (Phi) is 4.45. The number of hydrogen-bond acceptors (Lipinski definition) is 4. The molecular formula is C20H12Cl2O4. The normalized spacial score (nSPS) is 14.4. The van der Waals surface area contributed by atoms with Gasteiger partial charge in [-0.1, -0.05) is 29.3 Å². The van der Waals surface area contributed by atoms with Crippen LogP contribution in [0, 0.1) is 0 Å². The van der Waals surface area contributed by atoms with Crippen molar-refractivity contribution in [2.24, 2.45) is 0 Å². The van der Waals surface area contributed by atoms with Crippen molar-refractivity contribution in [1.29, 1.82) is 0 Å². The molecule has 0 spiro atoms. The van der Waals surface area contributed by atoms with Crippen molar-refractivity contribution >= 4 is 35.1 Å². The van der Waals surface area contributed by atoms with Crippen LogP contribution in [0.4, 0.5) is 0 Å². The van der Waals surface area contributed by atoms with Crippen molar-refractivity contribution in [2.75, 3.05) is 0 Å². The minimum atomic E-state index is -0.191. The van der Waals surface area contributed by atoms with Crippen LogP contribution in [0.15, 0.2) is 65.0 Å². The monoisotopic (exact) mass is 386 g/mol. The summed E-state index contributed by atoms with van der Waals surface area (Å²) in [7, 11) is 0. The second-order valence-corrected chi connectivity index (χ2v) is 6.48. The minimum absolute atomic E-state index is 0.191. The smallest absolute Gasteiger partial charge is 0.232 e. The number of Topliss-reactive ketones (excluding diaryl/α,β-unsaturated/α-hetero) is 1. The third-order valence-electron chi connectivity index (χ3n) is 3.87. The molecule has 2 aromatic carbocycles. The molecule has 0 saturated carbocycles. The van der Waals surface area contributed by atoms with Crippen LogP contribution in [0.5, 0.6) is 11.5 Å². The Hall–Kier alpha value is -2.69. The molecule has 0 N–H and O–H groups in total. The van der Waals surface area contributed by atoms with Gasteiger partial charge in [0.05, 0.1) is 11.8 Å². The molecule has 0 fully saturated rings. The standard InChI is InChI=1S/C20H12Cl2O4/c21-13-4-3-12(17(22)8-13)11-25-15-5-6-16-18(9-15)26-19(20(16)23)10-14-2-1-7-24-14/h1-10H,11H2/b19-10-. The van der Waals surface area contributed by atoms with Gasteiger partial charge in [-0.25, -0.2) is 0 Å². The van der Waals surface area contributed by atoms with E-state index in [-0.39, 0.29) is 18.1 Å². The minimum Gasteiger partial charge on any atom is -0.489 e. The molecule has 6 heteroatoms. The van der Waals surface area contributed by atoms with E-state index in [9.17, 15) is 4.79 Å². The Morgan fingerprint density at radius 1 is 1.08 bits per heavy atom. The van der Waals surface area contributed by atoms with Gasteiger partial charge in [0.1, 0.15) is 23.9 Å². The first-order chi connectivity index (χ1) is 12.6. The SMILES string of the molecule is O=C1/C(=C/c2ccco2)Oc2cc(OCc3ccc(Cl)cc3Cl)ccc21. The van der Waals surface area contributed by atoms with Gasteiger partial charge in [-0.2, -0.15) is 0 Å². The average Bonchev–Trinajstić information content (AvgIpc) is 3.23. The Morgan fingerprint density at radius 2 is 1.96 bits per heavy atom. The number of carbonyl (C=O) groups is 1. The molecule has 0 atom stereocenters. The second kappa shape index (κ2) is 6.90. The molecule has 4 nitrogen and oxygen atoms in total. The van der Waals surface area contributed by atoms with Crippen LogP contribution in [0.2, 0.25) is 10.0 Å². The largest absolute Gasteiger partial charge is 0.489 e. The van der Waals surface area contributed by atoms with Crippen molar-refractivity contribution in [3.05, 3.63) is 87.5 Å². The molecular weight excluding hydrogens is 375 g/mol. The summed E-state index contributed by atoms with van der Waals surface area (Å²) in [6.07, 6.45) is 3.10. The lowest BCUT2D eigenvalue weighted by Crippen LogP contribution is -1.97. The molecule has 0 unspecified atom stereocenters. The number of benzene rings is 2. The summed E-state index contributed by atoms with van der Waals surface area (Å²) in [6.45, 7) is 0.276. The molecule has 1 aliphatic rings. The third-order valence-corrected chi connectivity index (χ3v) is 4.45. The first-order valence-electron chi connectivity index (χ1n) is 7.79. The first-order valence-corrected chi connectivity index (χ1v) is 8.54. The predicted octanol–water partition coefficient (Wildman–Crippen LogP) is 5.78. The van der Waals surface area contributed by atoms with E-state index in [0.29, 0.717) is 32.9 Å². The summed E-state index contributed by atoms with van der Waals surface area (Å²) in [5, 5.41) is 1.10. The fourth-order valence-electron chi connectivity index (χ4n) is 2.56. The van der Waals surface area contributed by atoms with Gasteiger partial charge in [-0.15, -0.1) is 0 Å². The Morgan fingerprint density at radius 3 is 2.73 bits per heavy atom. The van der Waals surface area contributed by atoms with E-state index in [1.54, 1.807) is 48.5 Å². The quantitative estimate of drug-likeness (QED) is 0.533. The summed E-state index contributed by atoms with van der Waals surface area (Å²) in [5.41, 5.74) is 1.30. The van der Waals surface area contributed by atoms with E-state index in [2.05, 4.69) is 0 Å². The molecule has 26 heavy (non-hydrogen) atoms. The lowest BCUT2D eigenvalue weighted by atomic mass is 10.1. The number of ketones is 1. The van der Waals surface area contributed by atoms with E-state index in [4.69, 9.17) is 37.1 Å². The van der Waals surface area contributed by atoms with Gasteiger partial charge in [0.15, 0.2) is 5.76 Å². The van der Waals surface area contributed by atoms with Crippen LogP contribution in [0.3, 0.4) is 0 Å². The second-order valence-electron chi connectivity index (χ2n) is 5.64. The van der Waals surface area contributed by atoms with E-state index < -0.39 is 0 Å². The Balaban J connectivity index is 1.51. The summed E-state index contributed by atoms with van der Waals surface area (Å²) >= 11 is 12.0. The van der Waals surface area contributed by atoms with Crippen LogP contribution >= 0.6 is 23.2 Å². The number of rotatable bonds is 4. The summed E-state index contributed by atoms with van der Waals surface area (Å²) < 4.78 is 16.6.